The Bertz CT molecular complexity index is 502. The van der Waals surface area contributed by atoms with Crippen LogP contribution in [0.15, 0.2) is 24.3 Å². The molecular formula is C15H19N3O. The quantitative estimate of drug-likeness (QED) is 0.901. The zero-order valence-corrected chi connectivity index (χ0v) is 11.2. The third kappa shape index (κ3) is 2.15. The van der Waals surface area contributed by atoms with Crippen LogP contribution in [-0.2, 0) is 0 Å². The van der Waals surface area contributed by atoms with Crippen molar-refractivity contribution in [3.05, 3.63) is 24.3 Å². The number of methoxy groups -OCH3 is 1. The van der Waals surface area contributed by atoms with Gasteiger partial charge in [-0.3, -0.25) is 4.90 Å². The predicted molar refractivity (Wildman–Crippen MR) is 74.1 cm³/mol. The fraction of sp³-hybridized carbons (Fsp3) is 0.533. The van der Waals surface area contributed by atoms with Crippen molar-refractivity contribution in [1.82, 2.24) is 4.90 Å². The van der Waals surface area contributed by atoms with Crippen LogP contribution in [0, 0.1) is 17.2 Å². The monoisotopic (exact) mass is 257 g/mol. The van der Waals surface area contributed by atoms with Crippen molar-refractivity contribution in [3.8, 4) is 11.8 Å². The lowest BCUT2D eigenvalue weighted by Crippen LogP contribution is -2.62. The molecule has 3 fully saturated rings. The summed E-state index contributed by atoms with van der Waals surface area (Å²) < 4.78 is 5.24. The lowest BCUT2D eigenvalue weighted by atomic mass is 9.73. The van der Waals surface area contributed by atoms with E-state index in [9.17, 15) is 5.26 Å². The molecule has 3 aliphatic heterocycles. The molecule has 2 bridgehead atoms. The molecule has 0 radical (unpaired) electrons. The van der Waals surface area contributed by atoms with Crippen LogP contribution in [0.5, 0.6) is 5.75 Å². The Balaban J connectivity index is 1.85. The molecule has 3 aliphatic rings. The number of hydrogen-bond acceptors (Lipinski definition) is 4. The van der Waals surface area contributed by atoms with Crippen LogP contribution in [-0.4, -0.2) is 37.2 Å². The van der Waals surface area contributed by atoms with Crippen LogP contribution in [0.2, 0.25) is 0 Å². The maximum Gasteiger partial charge on any atom is 0.141 e. The normalized spacial score (nSPS) is 32.6. The summed E-state index contributed by atoms with van der Waals surface area (Å²) in [6.45, 7) is 3.09. The van der Waals surface area contributed by atoms with Crippen LogP contribution in [0.25, 0.3) is 0 Å². The Morgan fingerprint density at radius 1 is 1.42 bits per heavy atom. The molecule has 0 aliphatic carbocycles. The summed E-state index contributed by atoms with van der Waals surface area (Å²) in [4.78, 5) is 2.39. The fourth-order valence-electron chi connectivity index (χ4n) is 3.32. The molecule has 1 aromatic carbocycles. The molecule has 3 heterocycles. The second kappa shape index (κ2) is 4.75. The molecule has 4 rings (SSSR count). The van der Waals surface area contributed by atoms with Crippen molar-refractivity contribution in [2.45, 2.75) is 18.4 Å². The molecular weight excluding hydrogens is 238 g/mol. The Kier molecular flexibility index (Phi) is 3.08. The largest absolute Gasteiger partial charge is 0.497 e. The zero-order chi connectivity index (χ0) is 13.3. The average molecular weight is 257 g/mol. The third-order valence-corrected chi connectivity index (χ3v) is 4.39. The summed E-state index contributed by atoms with van der Waals surface area (Å²) in [6, 6.07) is 10.4. The van der Waals surface area contributed by atoms with Crippen LogP contribution >= 0.6 is 0 Å². The number of hydrogen-bond donors (Lipinski definition) is 1. The molecule has 0 spiro atoms. The molecule has 1 N–H and O–H groups in total. The highest BCUT2D eigenvalue weighted by Gasteiger charge is 2.47. The number of fused-ring (bicyclic) bond motifs is 3. The first-order chi connectivity index (χ1) is 9.25. The number of anilines is 1. The van der Waals surface area contributed by atoms with Crippen LogP contribution in [0.4, 0.5) is 5.69 Å². The maximum atomic E-state index is 9.68. The number of nitrogens with one attached hydrogen (secondary N) is 1. The number of nitrogens with zero attached hydrogens (tertiary/aromatic N) is 2. The number of nitriles is 1. The summed E-state index contributed by atoms with van der Waals surface area (Å²) >= 11 is 0. The maximum absolute atomic E-state index is 9.68. The van der Waals surface area contributed by atoms with Gasteiger partial charge in [-0.15, -0.1) is 0 Å². The van der Waals surface area contributed by atoms with E-state index in [0.717, 1.165) is 43.9 Å². The van der Waals surface area contributed by atoms with Crippen molar-refractivity contribution < 1.29 is 4.74 Å². The predicted octanol–water partition coefficient (Wildman–Crippen LogP) is 2.10. The van der Waals surface area contributed by atoms with Crippen molar-refractivity contribution >= 4 is 5.69 Å². The lowest BCUT2D eigenvalue weighted by Gasteiger charge is -2.50. The van der Waals surface area contributed by atoms with Crippen molar-refractivity contribution in [3.63, 3.8) is 0 Å². The Morgan fingerprint density at radius 3 is 2.79 bits per heavy atom. The van der Waals surface area contributed by atoms with Gasteiger partial charge in [0.25, 0.3) is 0 Å². The smallest absolute Gasteiger partial charge is 0.141 e. The molecule has 0 aromatic heterocycles. The number of benzene rings is 1. The first kappa shape index (κ1) is 12.3. The highest BCUT2D eigenvalue weighted by atomic mass is 16.5. The van der Waals surface area contributed by atoms with Gasteiger partial charge in [-0.2, -0.15) is 5.26 Å². The van der Waals surface area contributed by atoms with E-state index in [0.29, 0.717) is 5.92 Å². The first-order valence-electron chi connectivity index (χ1n) is 6.81. The van der Waals surface area contributed by atoms with E-state index >= 15 is 0 Å². The lowest BCUT2D eigenvalue weighted by molar-refractivity contribution is 0.0674. The van der Waals surface area contributed by atoms with E-state index in [4.69, 9.17) is 4.74 Å². The molecule has 19 heavy (non-hydrogen) atoms. The number of ether oxygens (including phenoxy) is 1. The van der Waals surface area contributed by atoms with E-state index in [2.05, 4.69) is 16.3 Å². The van der Waals surface area contributed by atoms with Gasteiger partial charge in [0.05, 0.1) is 13.2 Å². The van der Waals surface area contributed by atoms with E-state index in [1.54, 1.807) is 7.11 Å². The van der Waals surface area contributed by atoms with E-state index in [1.165, 1.54) is 0 Å². The minimum absolute atomic E-state index is 0.442. The van der Waals surface area contributed by atoms with Gasteiger partial charge >= 0.3 is 0 Å². The van der Waals surface area contributed by atoms with Gasteiger partial charge in [-0.05, 0) is 44.0 Å². The van der Waals surface area contributed by atoms with Gasteiger partial charge in [-0.1, -0.05) is 6.07 Å². The fourth-order valence-corrected chi connectivity index (χ4v) is 3.32. The van der Waals surface area contributed by atoms with Gasteiger partial charge in [0, 0.05) is 18.3 Å². The Hall–Kier alpha value is -1.73. The molecule has 4 heteroatoms. The van der Waals surface area contributed by atoms with Crippen molar-refractivity contribution in [2.24, 2.45) is 5.92 Å². The van der Waals surface area contributed by atoms with E-state index in [1.807, 2.05) is 24.3 Å². The zero-order valence-electron chi connectivity index (χ0n) is 11.2. The van der Waals surface area contributed by atoms with Crippen molar-refractivity contribution in [1.29, 1.82) is 5.26 Å². The highest BCUT2D eigenvalue weighted by Crippen LogP contribution is 2.38. The first-order valence-corrected chi connectivity index (χ1v) is 6.81. The third-order valence-electron chi connectivity index (χ3n) is 4.39. The molecule has 1 atom stereocenters. The van der Waals surface area contributed by atoms with Gasteiger partial charge in [0.15, 0.2) is 0 Å². The van der Waals surface area contributed by atoms with E-state index < -0.39 is 5.54 Å². The second-order valence-corrected chi connectivity index (χ2v) is 5.49. The molecule has 100 valence electrons. The van der Waals surface area contributed by atoms with Gasteiger partial charge in [-0.25, -0.2) is 0 Å². The van der Waals surface area contributed by atoms with Gasteiger partial charge < -0.3 is 10.1 Å². The van der Waals surface area contributed by atoms with Gasteiger partial charge in [0.2, 0.25) is 0 Å². The minimum atomic E-state index is -0.442. The standard InChI is InChI=1S/C15H19N3O/c1-19-14-4-2-3-13(9-14)17-15(10-16)11-18-7-5-12(15)6-8-18/h2-4,9,12,17H,5-8,11H2,1H3. The molecule has 3 saturated heterocycles. The second-order valence-electron chi connectivity index (χ2n) is 5.49. The molecule has 1 aromatic rings. The minimum Gasteiger partial charge on any atom is -0.497 e. The van der Waals surface area contributed by atoms with Gasteiger partial charge in [0.1, 0.15) is 11.3 Å². The topological polar surface area (TPSA) is 48.3 Å². The van der Waals surface area contributed by atoms with E-state index in [-0.39, 0.29) is 0 Å². The number of rotatable bonds is 3. The van der Waals surface area contributed by atoms with Crippen molar-refractivity contribution in [2.75, 3.05) is 32.1 Å². The number of piperidine rings is 3. The summed E-state index contributed by atoms with van der Waals surface area (Å²) in [5.41, 5.74) is 0.526. The molecule has 0 amide bonds. The average Bonchev–Trinajstić information content (AvgIpc) is 2.48. The summed E-state index contributed by atoms with van der Waals surface area (Å²) in [6.07, 6.45) is 2.23. The molecule has 0 saturated carbocycles. The summed E-state index contributed by atoms with van der Waals surface area (Å²) in [7, 11) is 1.66. The highest BCUT2D eigenvalue weighted by molar-refractivity contribution is 5.52. The summed E-state index contributed by atoms with van der Waals surface area (Å²) in [5, 5.41) is 13.1. The van der Waals surface area contributed by atoms with Crippen LogP contribution < -0.4 is 10.1 Å². The Labute approximate surface area is 114 Å². The van der Waals surface area contributed by atoms with Crippen LogP contribution in [0.1, 0.15) is 12.8 Å². The van der Waals surface area contributed by atoms with Crippen LogP contribution in [0.3, 0.4) is 0 Å². The molecule has 4 nitrogen and oxygen atoms in total. The Morgan fingerprint density at radius 2 is 2.21 bits per heavy atom. The molecule has 1 unspecified atom stereocenters. The SMILES string of the molecule is COc1cccc(NC2(C#N)CN3CCC2CC3)c1. The summed E-state index contributed by atoms with van der Waals surface area (Å²) in [5.74, 6) is 1.27.